The normalized spacial score (nSPS) is 9.96. The summed E-state index contributed by atoms with van der Waals surface area (Å²) in [7, 11) is 4.43. The quantitative estimate of drug-likeness (QED) is 0.740. The summed E-state index contributed by atoms with van der Waals surface area (Å²) in [5, 5.41) is 5.12. The third-order valence-electron chi connectivity index (χ3n) is 3.67. The third-order valence-corrected chi connectivity index (χ3v) is 3.67. The van der Waals surface area contributed by atoms with Crippen LogP contribution in [0.2, 0.25) is 0 Å². The van der Waals surface area contributed by atoms with Crippen LogP contribution in [0, 0.1) is 0 Å². The maximum atomic E-state index is 12.1. The van der Waals surface area contributed by atoms with Crippen LogP contribution in [-0.4, -0.2) is 39.7 Å². The van der Waals surface area contributed by atoms with Crippen LogP contribution in [0.3, 0.4) is 0 Å². The number of hydrogen-bond acceptors (Lipinski definition) is 5. The van der Waals surface area contributed by atoms with E-state index in [1.54, 1.807) is 12.1 Å². The number of benzene rings is 2. The second kappa shape index (κ2) is 9.31. The highest BCUT2D eigenvalue weighted by Gasteiger charge is 2.17. The molecule has 2 amide bonds. The number of hydrogen-bond donors (Lipinski definition) is 2. The second-order valence-electron chi connectivity index (χ2n) is 5.36. The fraction of sp³-hybridized carbons (Fsp3) is 0.263. The monoisotopic (exact) mass is 358 g/mol. The largest absolute Gasteiger partial charge is 0.493 e. The highest BCUT2D eigenvalue weighted by Crippen LogP contribution is 2.39. The van der Waals surface area contributed by atoms with Crippen molar-refractivity contribution in [3.05, 3.63) is 48.0 Å². The first-order valence-corrected chi connectivity index (χ1v) is 8.02. The number of anilines is 1. The minimum absolute atomic E-state index is 0.364. The number of nitrogens with one attached hydrogen (secondary N) is 2. The lowest BCUT2D eigenvalue weighted by Crippen LogP contribution is -2.36. The first kappa shape index (κ1) is 19.1. The van der Waals surface area contributed by atoms with E-state index in [1.807, 2.05) is 30.3 Å². The van der Waals surface area contributed by atoms with Crippen LogP contribution in [0.4, 0.5) is 5.69 Å². The van der Waals surface area contributed by atoms with Gasteiger partial charge in [-0.2, -0.15) is 0 Å². The Morgan fingerprint density at radius 1 is 0.885 bits per heavy atom. The Morgan fingerprint density at radius 2 is 1.50 bits per heavy atom. The molecule has 2 rings (SSSR count). The number of carbonyl (C=O) groups excluding carboxylic acids is 2. The Bertz CT molecular complexity index is 737. The summed E-state index contributed by atoms with van der Waals surface area (Å²) in [5.74, 6) is -0.319. The Hall–Kier alpha value is -3.22. The van der Waals surface area contributed by atoms with E-state index in [2.05, 4.69) is 10.6 Å². The molecule has 0 aliphatic heterocycles. The van der Waals surface area contributed by atoms with Crippen LogP contribution < -0.4 is 24.8 Å². The van der Waals surface area contributed by atoms with E-state index in [0.29, 0.717) is 35.9 Å². The molecule has 0 unspecified atom stereocenters. The first-order valence-electron chi connectivity index (χ1n) is 8.02. The fourth-order valence-electron chi connectivity index (χ4n) is 2.39. The van der Waals surface area contributed by atoms with Gasteiger partial charge in [0.2, 0.25) is 5.75 Å². The van der Waals surface area contributed by atoms with Crippen molar-refractivity contribution in [2.75, 3.05) is 33.2 Å². The van der Waals surface area contributed by atoms with Crippen LogP contribution in [0.1, 0.15) is 5.56 Å². The van der Waals surface area contributed by atoms with Gasteiger partial charge in [0.15, 0.2) is 11.5 Å². The highest BCUT2D eigenvalue weighted by atomic mass is 16.5. The molecule has 0 fully saturated rings. The molecule has 0 aromatic heterocycles. The van der Waals surface area contributed by atoms with E-state index in [4.69, 9.17) is 14.2 Å². The van der Waals surface area contributed by atoms with Crippen LogP contribution in [0.25, 0.3) is 0 Å². The summed E-state index contributed by atoms with van der Waals surface area (Å²) in [4.78, 5) is 24.0. The molecule has 0 atom stereocenters. The van der Waals surface area contributed by atoms with Crippen LogP contribution in [0.5, 0.6) is 17.2 Å². The lowest BCUT2D eigenvalue weighted by atomic mass is 10.1. The van der Waals surface area contributed by atoms with Crippen LogP contribution in [0.15, 0.2) is 42.5 Å². The third kappa shape index (κ3) is 4.89. The molecule has 2 N–H and O–H groups in total. The van der Waals surface area contributed by atoms with Gasteiger partial charge >= 0.3 is 11.8 Å². The zero-order valence-electron chi connectivity index (χ0n) is 15.0. The van der Waals surface area contributed by atoms with E-state index in [0.717, 1.165) is 5.56 Å². The van der Waals surface area contributed by atoms with Gasteiger partial charge in [0.05, 0.1) is 21.3 Å². The average molecular weight is 358 g/mol. The standard InChI is InChI=1S/C19H22N2O5/c1-24-15-11-14(12-16(25-2)17(15)26-3)21-19(23)18(22)20-10-9-13-7-5-4-6-8-13/h4-8,11-12H,9-10H2,1-3H3,(H,20,22)(H,21,23). The molecular formula is C19H22N2O5. The first-order chi connectivity index (χ1) is 12.6. The predicted octanol–water partition coefficient (Wildman–Crippen LogP) is 2.01. The minimum Gasteiger partial charge on any atom is -0.493 e. The van der Waals surface area contributed by atoms with Crippen molar-refractivity contribution in [1.29, 1.82) is 0 Å². The molecule has 0 spiro atoms. The molecule has 0 bridgehead atoms. The van der Waals surface area contributed by atoms with Crippen molar-refractivity contribution in [2.24, 2.45) is 0 Å². The molecule has 0 heterocycles. The van der Waals surface area contributed by atoms with Gasteiger partial charge in [-0.15, -0.1) is 0 Å². The van der Waals surface area contributed by atoms with Crippen molar-refractivity contribution >= 4 is 17.5 Å². The Balaban J connectivity index is 1.96. The number of ether oxygens (including phenoxy) is 3. The number of carbonyl (C=O) groups is 2. The Kier molecular flexibility index (Phi) is 6.84. The average Bonchev–Trinajstić information content (AvgIpc) is 2.67. The van der Waals surface area contributed by atoms with Crippen molar-refractivity contribution < 1.29 is 23.8 Å². The van der Waals surface area contributed by atoms with E-state index >= 15 is 0 Å². The van der Waals surface area contributed by atoms with Gasteiger partial charge in [-0.1, -0.05) is 30.3 Å². The molecule has 2 aromatic rings. The molecule has 0 radical (unpaired) electrons. The Morgan fingerprint density at radius 3 is 2.04 bits per heavy atom. The molecule has 26 heavy (non-hydrogen) atoms. The molecular weight excluding hydrogens is 336 g/mol. The summed E-state index contributed by atoms with van der Waals surface area (Å²) in [6.07, 6.45) is 0.643. The van der Waals surface area contributed by atoms with Crippen molar-refractivity contribution in [3.8, 4) is 17.2 Å². The van der Waals surface area contributed by atoms with Gasteiger partial charge in [0.25, 0.3) is 0 Å². The van der Waals surface area contributed by atoms with Gasteiger partial charge in [0.1, 0.15) is 0 Å². The summed E-state index contributed by atoms with van der Waals surface area (Å²) in [5.41, 5.74) is 1.44. The molecule has 7 nitrogen and oxygen atoms in total. The lowest BCUT2D eigenvalue weighted by molar-refractivity contribution is -0.136. The van der Waals surface area contributed by atoms with Gasteiger partial charge in [0, 0.05) is 24.4 Å². The second-order valence-corrected chi connectivity index (χ2v) is 5.36. The Labute approximate surface area is 152 Å². The number of amides is 2. The molecule has 2 aromatic carbocycles. The zero-order chi connectivity index (χ0) is 18.9. The maximum Gasteiger partial charge on any atom is 0.313 e. The molecule has 0 saturated heterocycles. The van der Waals surface area contributed by atoms with Crippen molar-refractivity contribution in [2.45, 2.75) is 6.42 Å². The molecule has 7 heteroatoms. The van der Waals surface area contributed by atoms with Crippen molar-refractivity contribution in [3.63, 3.8) is 0 Å². The summed E-state index contributed by atoms with van der Waals surface area (Å²) >= 11 is 0. The van der Waals surface area contributed by atoms with E-state index in [-0.39, 0.29) is 0 Å². The topological polar surface area (TPSA) is 85.9 Å². The predicted molar refractivity (Wildman–Crippen MR) is 97.9 cm³/mol. The van der Waals surface area contributed by atoms with Crippen LogP contribution >= 0.6 is 0 Å². The highest BCUT2D eigenvalue weighted by molar-refractivity contribution is 6.39. The van der Waals surface area contributed by atoms with Gasteiger partial charge < -0.3 is 24.8 Å². The smallest absolute Gasteiger partial charge is 0.313 e. The molecule has 0 saturated carbocycles. The zero-order valence-corrected chi connectivity index (χ0v) is 15.0. The maximum absolute atomic E-state index is 12.1. The fourth-order valence-corrected chi connectivity index (χ4v) is 2.39. The van der Waals surface area contributed by atoms with E-state index in [9.17, 15) is 9.59 Å². The van der Waals surface area contributed by atoms with Gasteiger partial charge in [-0.3, -0.25) is 9.59 Å². The minimum atomic E-state index is -0.771. The summed E-state index contributed by atoms with van der Waals surface area (Å²) < 4.78 is 15.7. The SMILES string of the molecule is COc1cc(NC(=O)C(=O)NCCc2ccccc2)cc(OC)c1OC. The van der Waals surface area contributed by atoms with Crippen LogP contribution in [-0.2, 0) is 16.0 Å². The number of rotatable bonds is 7. The number of methoxy groups -OCH3 is 3. The molecule has 0 aliphatic carbocycles. The molecule has 0 aliphatic rings. The van der Waals surface area contributed by atoms with Gasteiger partial charge in [-0.25, -0.2) is 0 Å². The lowest BCUT2D eigenvalue weighted by Gasteiger charge is -2.14. The van der Waals surface area contributed by atoms with Crippen molar-refractivity contribution in [1.82, 2.24) is 5.32 Å². The van der Waals surface area contributed by atoms with E-state index < -0.39 is 11.8 Å². The van der Waals surface area contributed by atoms with E-state index in [1.165, 1.54) is 21.3 Å². The summed E-state index contributed by atoms with van der Waals surface area (Å²) in [6.45, 7) is 0.367. The summed E-state index contributed by atoms with van der Waals surface area (Å²) in [6, 6.07) is 12.8. The molecule has 138 valence electrons. The van der Waals surface area contributed by atoms with Gasteiger partial charge in [-0.05, 0) is 12.0 Å².